The van der Waals surface area contributed by atoms with Crippen LogP contribution in [0.15, 0.2) is 24.3 Å². The van der Waals surface area contributed by atoms with Crippen LogP contribution in [0.1, 0.15) is 54.9 Å². The van der Waals surface area contributed by atoms with Gasteiger partial charge >= 0.3 is 6.18 Å². The predicted molar refractivity (Wildman–Crippen MR) is 121 cm³/mol. The van der Waals surface area contributed by atoms with E-state index in [2.05, 4.69) is 23.8 Å². The van der Waals surface area contributed by atoms with Crippen LogP contribution in [-0.4, -0.2) is 66.3 Å². The molecule has 0 saturated carbocycles. The van der Waals surface area contributed by atoms with Crippen LogP contribution in [0.2, 0.25) is 0 Å². The highest BCUT2D eigenvalue weighted by Crippen LogP contribution is 2.36. The van der Waals surface area contributed by atoms with E-state index in [0.717, 1.165) is 30.5 Å². The van der Waals surface area contributed by atoms with Gasteiger partial charge in [-0.1, -0.05) is 20.3 Å². The fourth-order valence-electron chi connectivity index (χ4n) is 4.60. The number of ether oxygens (including phenoxy) is 1. The zero-order chi connectivity index (χ0) is 24.4. The average molecular weight is 467 g/mol. The monoisotopic (exact) mass is 466 g/mol. The Hall–Kier alpha value is -2.55. The molecule has 0 spiro atoms. The Balaban J connectivity index is 1.79. The number of hydrogen-bond acceptors (Lipinski definition) is 4. The van der Waals surface area contributed by atoms with Crippen LogP contribution in [0.4, 0.5) is 13.2 Å². The molecular formula is C24H33F3N4O2. The molecule has 2 aromatic rings. The molecule has 0 fully saturated rings. The molecule has 1 amide bonds. The zero-order valence-corrected chi connectivity index (χ0v) is 20.0. The number of methoxy groups -OCH3 is 1. The normalized spacial score (nSPS) is 14.7. The highest BCUT2D eigenvalue weighted by Gasteiger charge is 2.43. The Morgan fingerprint density at radius 1 is 1.12 bits per heavy atom. The van der Waals surface area contributed by atoms with Crippen molar-refractivity contribution < 1.29 is 22.7 Å². The van der Waals surface area contributed by atoms with Crippen molar-refractivity contribution >= 4 is 5.91 Å². The van der Waals surface area contributed by atoms with E-state index in [1.165, 1.54) is 7.11 Å². The summed E-state index contributed by atoms with van der Waals surface area (Å²) in [4.78, 5) is 17.1. The van der Waals surface area contributed by atoms with Gasteiger partial charge < -0.3 is 14.5 Å². The smallest absolute Gasteiger partial charge is 0.435 e. The molecule has 2 heterocycles. The van der Waals surface area contributed by atoms with Crippen molar-refractivity contribution in [3.05, 3.63) is 41.2 Å². The van der Waals surface area contributed by atoms with Crippen LogP contribution in [0.5, 0.6) is 5.75 Å². The summed E-state index contributed by atoms with van der Waals surface area (Å²) in [5.74, 6) is 0.170. The minimum Gasteiger partial charge on any atom is -0.497 e. The number of rotatable bonds is 9. The molecule has 1 aromatic carbocycles. The molecule has 1 aromatic heterocycles. The third-order valence-corrected chi connectivity index (χ3v) is 5.97. The lowest BCUT2D eigenvalue weighted by Gasteiger charge is -2.30. The fraction of sp³-hybridized carbons (Fsp3) is 0.583. The molecular weight excluding hydrogens is 433 g/mol. The minimum absolute atomic E-state index is 0.00618. The molecule has 33 heavy (non-hydrogen) atoms. The maximum atomic E-state index is 13.7. The van der Waals surface area contributed by atoms with Crippen molar-refractivity contribution in [2.24, 2.45) is 5.41 Å². The van der Waals surface area contributed by atoms with Gasteiger partial charge in [0, 0.05) is 25.2 Å². The first-order valence-electron chi connectivity index (χ1n) is 11.2. The maximum absolute atomic E-state index is 13.7. The number of aromatic nitrogens is 2. The van der Waals surface area contributed by atoms with E-state index in [-0.39, 0.29) is 29.6 Å². The van der Waals surface area contributed by atoms with Gasteiger partial charge in [-0.15, -0.1) is 0 Å². The second-order valence-electron chi connectivity index (χ2n) is 9.68. The molecule has 1 aliphatic rings. The van der Waals surface area contributed by atoms with Crippen LogP contribution < -0.4 is 4.74 Å². The van der Waals surface area contributed by atoms with Gasteiger partial charge in [-0.2, -0.15) is 18.3 Å². The summed E-state index contributed by atoms with van der Waals surface area (Å²) in [5, 5.41) is 3.83. The van der Waals surface area contributed by atoms with Crippen molar-refractivity contribution in [1.82, 2.24) is 19.6 Å². The lowest BCUT2D eigenvalue weighted by molar-refractivity contribution is -0.142. The highest BCUT2D eigenvalue weighted by molar-refractivity contribution is 5.96. The SMILES string of the molecule is COc1ccc(-n2nc(C(F)(F)F)c3c2C(=O)N(CCCCC(C)(C)CN(C)C)CC3)cc1. The summed E-state index contributed by atoms with van der Waals surface area (Å²) in [6.07, 6.45) is -1.72. The fourth-order valence-corrected chi connectivity index (χ4v) is 4.60. The topological polar surface area (TPSA) is 50.6 Å². The van der Waals surface area contributed by atoms with Crippen LogP contribution in [0, 0.1) is 5.41 Å². The van der Waals surface area contributed by atoms with Crippen LogP contribution in [0.25, 0.3) is 5.69 Å². The molecule has 0 aliphatic carbocycles. The molecule has 1 aliphatic heterocycles. The third-order valence-electron chi connectivity index (χ3n) is 5.97. The summed E-state index contributed by atoms with van der Waals surface area (Å²) >= 11 is 0. The van der Waals surface area contributed by atoms with E-state index in [4.69, 9.17) is 4.74 Å². The van der Waals surface area contributed by atoms with Gasteiger partial charge in [0.15, 0.2) is 5.69 Å². The van der Waals surface area contributed by atoms with Gasteiger partial charge in [0.25, 0.3) is 5.91 Å². The van der Waals surface area contributed by atoms with Gasteiger partial charge in [-0.25, -0.2) is 4.68 Å². The summed E-state index contributed by atoms with van der Waals surface area (Å²) < 4.78 is 47.3. The molecule has 6 nitrogen and oxygen atoms in total. The Kier molecular flexibility index (Phi) is 7.41. The van der Waals surface area contributed by atoms with Gasteiger partial charge in [0.1, 0.15) is 11.4 Å². The van der Waals surface area contributed by atoms with E-state index in [1.54, 1.807) is 29.2 Å². The number of alkyl halides is 3. The van der Waals surface area contributed by atoms with Crippen LogP contribution in [0.3, 0.4) is 0 Å². The van der Waals surface area contributed by atoms with Gasteiger partial charge in [0.2, 0.25) is 0 Å². The van der Waals surface area contributed by atoms with E-state index in [1.807, 2.05) is 14.1 Å². The number of halogens is 3. The number of carbonyl (C=O) groups excluding carboxylic acids is 1. The number of nitrogens with zero attached hydrogens (tertiary/aromatic N) is 4. The van der Waals surface area contributed by atoms with Crippen molar-refractivity contribution in [3.63, 3.8) is 0 Å². The Morgan fingerprint density at radius 2 is 1.79 bits per heavy atom. The molecule has 0 bridgehead atoms. The number of carbonyl (C=O) groups is 1. The van der Waals surface area contributed by atoms with E-state index in [0.29, 0.717) is 18.0 Å². The van der Waals surface area contributed by atoms with E-state index >= 15 is 0 Å². The minimum atomic E-state index is -4.62. The molecule has 3 rings (SSSR count). The number of amides is 1. The Labute approximate surface area is 193 Å². The highest BCUT2D eigenvalue weighted by atomic mass is 19.4. The number of unbranched alkanes of at least 4 members (excludes halogenated alkanes) is 1. The summed E-state index contributed by atoms with van der Waals surface area (Å²) in [6, 6.07) is 6.48. The predicted octanol–water partition coefficient (Wildman–Crippen LogP) is 4.66. The average Bonchev–Trinajstić information content (AvgIpc) is 3.12. The summed E-state index contributed by atoms with van der Waals surface area (Å²) in [5.41, 5.74) is -0.440. The van der Waals surface area contributed by atoms with Crippen molar-refractivity contribution in [1.29, 1.82) is 0 Å². The quantitative estimate of drug-likeness (QED) is 0.505. The first kappa shape index (κ1) is 25.1. The molecule has 0 unspecified atom stereocenters. The second-order valence-corrected chi connectivity index (χ2v) is 9.68. The molecule has 0 saturated heterocycles. The van der Waals surface area contributed by atoms with Gasteiger partial charge in [0.05, 0.1) is 12.8 Å². The van der Waals surface area contributed by atoms with Gasteiger partial charge in [-0.05, 0) is 63.0 Å². The number of hydrogen-bond donors (Lipinski definition) is 0. The van der Waals surface area contributed by atoms with E-state index in [9.17, 15) is 18.0 Å². The lowest BCUT2D eigenvalue weighted by atomic mass is 9.86. The van der Waals surface area contributed by atoms with Crippen LogP contribution >= 0.6 is 0 Å². The maximum Gasteiger partial charge on any atom is 0.435 e. The first-order chi connectivity index (χ1) is 15.4. The molecule has 9 heteroatoms. The Morgan fingerprint density at radius 3 is 2.36 bits per heavy atom. The summed E-state index contributed by atoms with van der Waals surface area (Å²) in [6.45, 7) is 6.20. The van der Waals surface area contributed by atoms with Gasteiger partial charge in [-0.3, -0.25) is 4.79 Å². The van der Waals surface area contributed by atoms with E-state index < -0.39 is 17.8 Å². The molecule has 182 valence electrons. The Bertz CT molecular complexity index is 965. The second kappa shape index (κ2) is 9.75. The standard InChI is InChI=1S/C24H33F3N4O2/c1-23(2,16-29(3)4)13-6-7-14-30-15-12-19-20(22(30)32)31(28-21(19)24(25,26)27)17-8-10-18(33-5)11-9-17/h8-11H,6-7,12-16H2,1-5H3. The number of fused-ring (bicyclic) bond motifs is 1. The first-order valence-corrected chi connectivity index (χ1v) is 11.2. The molecule has 0 radical (unpaired) electrons. The third kappa shape index (κ3) is 5.88. The largest absolute Gasteiger partial charge is 0.497 e. The van der Waals surface area contributed by atoms with Crippen molar-refractivity contribution in [2.75, 3.05) is 40.8 Å². The molecule has 0 N–H and O–H groups in total. The van der Waals surface area contributed by atoms with Crippen molar-refractivity contribution in [2.45, 2.75) is 45.7 Å². The lowest BCUT2D eigenvalue weighted by Crippen LogP contribution is -2.39. The zero-order valence-electron chi connectivity index (χ0n) is 20.0. The number of benzene rings is 1. The van der Waals surface area contributed by atoms with Crippen LogP contribution in [-0.2, 0) is 12.6 Å². The summed E-state index contributed by atoms with van der Waals surface area (Å²) in [7, 11) is 5.61. The van der Waals surface area contributed by atoms with Crippen molar-refractivity contribution in [3.8, 4) is 11.4 Å². The molecule has 0 atom stereocenters.